The second kappa shape index (κ2) is 6.31. The van der Waals surface area contributed by atoms with E-state index in [9.17, 15) is 20.1 Å². The molecule has 2 amide bonds. The number of halogens is 1. The average Bonchev–Trinajstić information content (AvgIpc) is 3.14. The summed E-state index contributed by atoms with van der Waals surface area (Å²) in [7, 11) is 0. The highest BCUT2D eigenvalue weighted by Gasteiger charge is 3.00. The summed E-state index contributed by atoms with van der Waals surface area (Å²) in [5.74, 6) is -0.907. The highest BCUT2D eigenvalue weighted by atomic mass is 79.9. The van der Waals surface area contributed by atoms with Crippen LogP contribution >= 0.6 is 15.9 Å². The highest BCUT2D eigenvalue weighted by molar-refractivity contribution is 9.10. The third kappa shape index (κ3) is 1.90. The van der Waals surface area contributed by atoms with Gasteiger partial charge < -0.3 is 10.2 Å². The Kier molecular flexibility index (Phi) is 3.77. The minimum Gasteiger partial charge on any atom is -0.325 e. The van der Waals surface area contributed by atoms with Gasteiger partial charge in [-0.05, 0) is 44.8 Å². The number of carbonyl (C=O) groups excluding carboxylic acids is 2. The van der Waals surface area contributed by atoms with E-state index < -0.39 is 28.1 Å². The summed E-state index contributed by atoms with van der Waals surface area (Å²) < 4.78 is 0.666. The number of nitrogens with zero attached hydrogens (tertiary/aromatic N) is 3. The largest absolute Gasteiger partial charge is 0.325 e. The first-order chi connectivity index (χ1) is 16.0. The summed E-state index contributed by atoms with van der Waals surface area (Å²) in [4.78, 5) is 29.6. The number of carbonyl (C=O) groups is 2. The fourth-order valence-electron chi connectivity index (χ4n) is 6.08. The molecule has 158 valence electrons. The normalized spacial score (nSPS) is 25.4. The van der Waals surface area contributed by atoms with Crippen molar-refractivity contribution in [1.82, 2.24) is 0 Å². The van der Waals surface area contributed by atoms with E-state index in [1.807, 2.05) is 36.4 Å². The van der Waals surface area contributed by atoms with Crippen LogP contribution in [-0.2, 0) is 27.0 Å². The molecule has 6 nitrogen and oxygen atoms in total. The number of benzene rings is 3. The number of fused-ring (bicyclic) bond motifs is 5. The quantitative estimate of drug-likeness (QED) is 0.577. The molecule has 1 N–H and O–H groups in total. The van der Waals surface area contributed by atoms with Crippen LogP contribution in [0, 0.1) is 28.1 Å². The van der Waals surface area contributed by atoms with Crippen LogP contribution in [0.3, 0.4) is 0 Å². The monoisotopic (exact) mass is 494 g/mol. The lowest BCUT2D eigenvalue weighted by Gasteiger charge is -2.20. The molecule has 33 heavy (non-hydrogen) atoms. The Hall–Kier alpha value is -3.94. The third-order valence-corrected chi connectivity index (χ3v) is 7.93. The molecule has 2 aliphatic heterocycles. The average molecular weight is 495 g/mol. The molecule has 0 radical (unpaired) electrons. The van der Waals surface area contributed by atoms with Crippen LogP contribution < -0.4 is 10.2 Å². The van der Waals surface area contributed by atoms with E-state index in [1.165, 1.54) is 0 Å². The van der Waals surface area contributed by atoms with E-state index in [0.29, 0.717) is 27.0 Å². The number of hydrogen-bond acceptors (Lipinski definition) is 4. The molecule has 0 saturated heterocycles. The fourth-order valence-corrected chi connectivity index (χ4v) is 6.66. The zero-order valence-electron chi connectivity index (χ0n) is 17.2. The molecule has 0 aromatic heterocycles. The lowest BCUT2D eigenvalue weighted by Crippen LogP contribution is -2.39. The van der Waals surface area contributed by atoms with Gasteiger partial charge in [0, 0.05) is 10.2 Å². The van der Waals surface area contributed by atoms with Crippen molar-refractivity contribution in [2.75, 3.05) is 10.2 Å². The number of anilines is 2. The van der Waals surface area contributed by atoms with Crippen LogP contribution in [0.1, 0.15) is 16.7 Å². The number of amides is 2. The lowest BCUT2D eigenvalue weighted by atomic mass is 9.83. The van der Waals surface area contributed by atoms with Crippen LogP contribution in [0.5, 0.6) is 0 Å². The van der Waals surface area contributed by atoms with Crippen LogP contribution in [0.25, 0.3) is 0 Å². The second-order valence-corrected chi connectivity index (χ2v) is 9.34. The molecule has 7 heteroatoms. The summed E-state index contributed by atoms with van der Waals surface area (Å²) >= 11 is 3.57. The molecule has 3 aliphatic rings. The number of nitrogens with one attached hydrogen (secondary N) is 1. The zero-order chi connectivity index (χ0) is 23.0. The first-order valence-electron chi connectivity index (χ1n) is 10.4. The van der Waals surface area contributed by atoms with Crippen LogP contribution in [-0.4, -0.2) is 11.8 Å². The van der Waals surface area contributed by atoms with E-state index >= 15 is 0 Å². The predicted molar refractivity (Wildman–Crippen MR) is 124 cm³/mol. The van der Waals surface area contributed by atoms with Gasteiger partial charge in [0.1, 0.15) is 10.8 Å². The van der Waals surface area contributed by atoms with Gasteiger partial charge in [-0.15, -0.1) is 0 Å². The number of nitriles is 2. The van der Waals surface area contributed by atoms with Crippen molar-refractivity contribution in [2.24, 2.45) is 5.41 Å². The smallest absolute Gasteiger partial charge is 0.242 e. The summed E-state index contributed by atoms with van der Waals surface area (Å²) in [5.41, 5.74) is -2.10. The summed E-state index contributed by atoms with van der Waals surface area (Å²) in [5, 5.41) is 23.6. The SMILES string of the molecule is N#CC1(C#N)[C@@]2(C(=O)Nc3ccccc32)[C@]12C(=O)N(Cc1ccccc1)c1c(Br)cccc12. The van der Waals surface area contributed by atoms with Crippen LogP contribution in [0.2, 0.25) is 0 Å². The number of para-hydroxylation sites is 2. The van der Waals surface area contributed by atoms with Crippen molar-refractivity contribution in [3.05, 3.63) is 94.0 Å². The Bertz CT molecular complexity index is 1460. The standard InChI is InChI=1S/C26H15BrN4O2/c27-19-11-6-10-18-21(19)31(13-16-7-2-1-3-8-16)23(33)26(18)24(14-28,15-29)25(26)17-9-4-5-12-20(17)30-22(25)32/h1-12H,13H2,(H,30,32)/t25-,26-/m1/s1. The molecule has 1 saturated carbocycles. The maximum absolute atomic E-state index is 14.4. The van der Waals surface area contributed by atoms with Gasteiger partial charge in [-0.2, -0.15) is 10.5 Å². The Morgan fingerprint density at radius 2 is 1.52 bits per heavy atom. The summed E-state index contributed by atoms with van der Waals surface area (Å²) in [6.45, 7) is 0.253. The van der Waals surface area contributed by atoms with E-state index in [2.05, 4.69) is 33.4 Å². The van der Waals surface area contributed by atoms with Gasteiger partial charge >= 0.3 is 0 Å². The van der Waals surface area contributed by atoms with Crippen molar-refractivity contribution >= 4 is 39.1 Å². The first-order valence-corrected chi connectivity index (χ1v) is 11.2. The van der Waals surface area contributed by atoms with Gasteiger partial charge in [-0.3, -0.25) is 9.59 Å². The minimum absolute atomic E-state index is 0.253. The Labute approximate surface area is 198 Å². The molecular formula is C26H15BrN4O2. The zero-order valence-corrected chi connectivity index (χ0v) is 18.8. The van der Waals surface area contributed by atoms with Crippen molar-refractivity contribution in [3.8, 4) is 12.1 Å². The topological polar surface area (TPSA) is 97.0 Å². The van der Waals surface area contributed by atoms with Crippen molar-refractivity contribution < 1.29 is 9.59 Å². The van der Waals surface area contributed by atoms with Crippen molar-refractivity contribution in [3.63, 3.8) is 0 Å². The van der Waals surface area contributed by atoms with Gasteiger partial charge in [0.25, 0.3) is 0 Å². The Morgan fingerprint density at radius 3 is 2.24 bits per heavy atom. The molecule has 0 bridgehead atoms. The number of rotatable bonds is 2. The van der Waals surface area contributed by atoms with Gasteiger partial charge in [0.05, 0.1) is 24.4 Å². The fraction of sp³-hybridized carbons (Fsp3) is 0.154. The molecule has 1 aliphatic carbocycles. The van der Waals surface area contributed by atoms with Crippen LogP contribution in [0.15, 0.2) is 77.3 Å². The maximum atomic E-state index is 14.4. The van der Waals surface area contributed by atoms with Crippen molar-refractivity contribution in [1.29, 1.82) is 10.5 Å². The second-order valence-electron chi connectivity index (χ2n) is 8.49. The molecule has 2 atom stereocenters. The Balaban J connectivity index is 1.67. The first kappa shape index (κ1) is 19.7. The minimum atomic E-state index is -1.88. The molecule has 3 aromatic carbocycles. The van der Waals surface area contributed by atoms with Gasteiger partial charge in [0.2, 0.25) is 11.8 Å². The predicted octanol–water partition coefficient (Wildman–Crippen LogP) is 4.17. The van der Waals surface area contributed by atoms with E-state index in [1.54, 1.807) is 41.3 Å². The molecule has 2 spiro atoms. The molecule has 6 rings (SSSR count). The molecular weight excluding hydrogens is 480 g/mol. The molecule has 2 heterocycles. The maximum Gasteiger partial charge on any atom is 0.242 e. The molecule has 3 aromatic rings. The third-order valence-electron chi connectivity index (χ3n) is 7.29. The van der Waals surface area contributed by atoms with E-state index in [4.69, 9.17) is 0 Å². The van der Waals surface area contributed by atoms with Gasteiger partial charge in [0.15, 0.2) is 5.41 Å². The van der Waals surface area contributed by atoms with Gasteiger partial charge in [-0.1, -0.05) is 60.7 Å². The molecule has 0 unspecified atom stereocenters. The van der Waals surface area contributed by atoms with Gasteiger partial charge in [-0.25, -0.2) is 0 Å². The van der Waals surface area contributed by atoms with Crippen LogP contribution in [0.4, 0.5) is 11.4 Å². The summed E-state index contributed by atoms with van der Waals surface area (Å²) in [6.07, 6.45) is 0. The van der Waals surface area contributed by atoms with E-state index in [0.717, 1.165) is 5.56 Å². The van der Waals surface area contributed by atoms with E-state index in [-0.39, 0.29) is 6.54 Å². The Morgan fingerprint density at radius 1 is 0.848 bits per heavy atom. The lowest BCUT2D eigenvalue weighted by molar-refractivity contribution is -0.124. The van der Waals surface area contributed by atoms with Crippen molar-refractivity contribution in [2.45, 2.75) is 17.4 Å². The number of hydrogen-bond donors (Lipinski definition) is 1. The molecule has 1 fully saturated rings. The highest BCUT2D eigenvalue weighted by Crippen LogP contribution is 2.83. The summed E-state index contributed by atoms with van der Waals surface area (Å²) in [6, 6.07) is 26.1.